The topological polar surface area (TPSA) is 167 Å². The molecule has 11 nitrogen and oxygen atoms in total. The summed E-state index contributed by atoms with van der Waals surface area (Å²) in [5.74, 6) is -3.08. The van der Waals surface area contributed by atoms with E-state index in [-0.39, 0.29) is 64.5 Å². The molecule has 0 aliphatic heterocycles. The molecular weight excluding hydrogens is 1450 g/mol. The van der Waals surface area contributed by atoms with Crippen LogP contribution in [0.4, 0.5) is 17.6 Å². The molecule has 0 aromatic heterocycles. The highest BCUT2D eigenvalue weighted by Crippen LogP contribution is 2.57. The van der Waals surface area contributed by atoms with Crippen LogP contribution in [0.1, 0.15) is 99.4 Å². The van der Waals surface area contributed by atoms with Gasteiger partial charge in [-0.3, -0.25) is 9.59 Å². The summed E-state index contributed by atoms with van der Waals surface area (Å²) in [5.41, 5.74) is 10.0. The van der Waals surface area contributed by atoms with Crippen molar-refractivity contribution < 1.29 is 79.5 Å². The minimum atomic E-state index is -5.90. The maximum absolute atomic E-state index is 13.3. The van der Waals surface area contributed by atoms with Gasteiger partial charge in [0.25, 0.3) is 0 Å². The third kappa shape index (κ3) is 19.3. The summed E-state index contributed by atoms with van der Waals surface area (Å²) in [5, 5.41) is -9.01. The number of hydrogen-bond donors (Lipinski definition) is 0. The molecule has 0 spiro atoms. The van der Waals surface area contributed by atoms with Crippen molar-refractivity contribution in [3.05, 3.63) is 359 Å². The highest BCUT2D eigenvalue weighted by atomic mass is 35.5. The van der Waals surface area contributed by atoms with Crippen molar-refractivity contribution >= 4 is 54.0 Å². The molecule has 0 saturated heterocycles. The summed E-state index contributed by atoms with van der Waals surface area (Å²) in [6.07, 6.45) is -0.626. The van der Waals surface area contributed by atoms with Crippen LogP contribution in [-0.2, 0) is 67.6 Å². The van der Waals surface area contributed by atoms with Crippen LogP contribution in [0.2, 0.25) is 0 Å². The molecule has 11 aromatic carbocycles. The van der Waals surface area contributed by atoms with Gasteiger partial charge in [-0.1, -0.05) is 237 Å². The van der Waals surface area contributed by atoms with E-state index >= 15 is 0 Å². The summed E-state index contributed by atoms with van der Waals surface area (Å²) in [7, 11) is -5.04. The Bertz CT molecular complexity index is 4520. The van der Waals surface area contributed by atoms with Crippen LogP contribution in [0.3, 0.4) is 0 Å². The highest BCUT2D eigenvalue weighted by Gasteiger charge is 2.49. The molecular formula is C86H80ClF4NO10S4. The third-order valence-corrected chi connectivity index (χ3v) is 24.8. The number of alkyl halides is 4. The van der Waals surface area contributed by atoms with Crippen molar-refractivity contribution in [2.24, 2.45) is 11.8 Å². The monoisotopic (exact) mass is 1530 g/mol. The van der Waals surface area contributed by atoms with Gasteiger partial charge in [0, 0.05) is 35.7 Å². The fraction of sp³-hybridized carbons (Fsp3) is 0.209. The third-order valence-electron chi connectivity index (χ3n) is 18.6. The van der Waals surface area contributed by atoms with E-state index in [4.69, 9.17) is 4.74 Å². The molecule has 0 fully saturated rings. The number of ether oxygens (including phenoxy) is 2. The first-order valence-corrected chi connectivity index (χ1v) is 39.6. The van der Waals surface area contributed by atoms with E-state index in [1.54, 1.807) is 0 Å². The van der Waals surface area contributed by atoms with E-state index in [1.165, 1.54) is 46.1 Å². The molecule has 2 atom stereocenters. The van der Waals surface area contributed by atoms with Gasteiger partial charge in [0.15, 0.2) is 56.2 Å². The van der Waals surface area contributed by atoms with Gasteiger partial charge in [0.05, 0.1) is 61.4 Å². The lowest BCUT2D eigenvalue weighted by Crippen LogP contribution is -3.00. The molecule has 0 heterocycles. The van der Waals surface area contributed by atoms with Crippen molar-refractivity contribution in [3.8, 4) is 0 Å². The SMILES string of the molecule is C[N+](C)(C)Cc1ccccc1.O=C(OCC(F)(F)S(=O)(=O)[O-])C1CC2c3ccccc3C1c1ccccc12.O=C(OCCCC(F)(F)S(=O)(=O)[O-])C1CC2c3ccccc3C1c1ccccc12.[Cl-].c1ccc([S+](c2ccccc2)c2ccccc2)cc1.c1ccc([S+](c2ccccc2)c2ccccc2)cc1. The molecule has 0 saturated carbocycles. The number of nitrogens with zero attached hydrogens (tertiary/aromatic N) is 1. The lowest BCUT2D eigenvalue weighted by atomic mass is 9.59. The number of carbonyl (C=O) groups is 2. The standard InChI is InChI=1S/C21H20F2O5S.C19H16F2O5S.2C18H15S.C10H16N.ClH/c22-21(23,29(25,26)27)10-5-11-28-20(24)18-12-17-13-6-1-3-8-15(13)19(18)16-9-4-2-7-14(16)17;20-19(21,27(23,24)25)10-26-18(22)16-9-15-11-5-1-3-7-13(11)17(16)14-8-4-2-6-12(14)15;2*1-4-10-16(11-5-1)19(17-12-6-2-7-13-17)18-14-8-3-9-15-18;1-11(2,3)9-10-7-5-4-6-8-10;/h1-4,6-9,17-19H,5,10-12H2,(H,25,26,27);1-8,15-17H,9-10H2,(H,23,24,25);2*1-15H;4-8H,9H2,1-3H3;1H/q;;3*+1;/p-3. The number of halogens is 5. The molecule has 11 aromatic rings. The Morgan fingerprint density at radius 3 is 0.896 bits per heavy atom. The Balaban J connectivity index is 0.000000146. The maximum atomic E-state index is 13.3. The molecule has 6 aliphatic carbocycles. The van der Waals surface area contributed by atoms with Crippen LogP contribution >= 0.6 is 0 Å². The summed E-state index contributed by atoms with van der Waals surface area (Å²) < 4.78 is 127. The van der Waals surface area contributed by atoms with Gasteiger partial charge < -0.3 is 35.5 Å². The summed E-state index contributed by atoms with van der Waals surface area (Å²) in [4.78, 5) is 33.4. The number of esters is 2. The predicted octanol–water partition coefficient (Wildman–Crippen LogP) is 15.2. The van der Waals surface area contributed by atoms with Crippen LogP contribution in [0.25, 0.3) is 0 Å². The Morgan fingerprint density at radius 2 is 0.632 bits per heavy atom. The average molecular weight is 1530 g/mol. The van der Waals surface area contributed by atoms with Gasteiger partial charge >= 0.3 is 22.4 Å². The Labute approximate surface area is 630 Å². The van der Waals surface area contributed by atoms with Crippen molar-refractivity contribution in [1.82, 2.24) is 0 Å². The fourth-order valence-electron chi connectivity index (χ4n) is 14.0. The normalized spacial score (nSPS) is 17.2. The summed E-state index contributed by atoms with van der Waals surface area (Å²) in [6.45, 7) is -1.03. The van der Waals surface area contributed by atoms with Crippen molar-refractivity contribution in [1.29, 1.82) is 0 Å². The maximum Gasteiger partial charge on any atom is 0.367 e. The number of hydrogen-bond acceptors (Lipinski definition) is 10. The van der Waals surface area contributed by atoms with E-state index in [0.717, 1.165) is 44.4 Å². The van der Waals surface area contributed by atoms with E-state index in [9.17, 15) is 53.1 Å². The first-order valence-electron chi connectivity index (χ1n) is 34.4. The highest BCUT2D eigenvalue weighted by molar-refractivity contribution is 7.97. The molecule has 4 bridgehead atoms. The molecule has 548 valence electrons. The van der Waals surface area contributed by atoms with Gasteiger partial charge in [0.1, 0.15) is 6.54 Å². The molecule has 106 heavy (non-hydrogen) atoms. The van der Waals surface area contributed by atoms with Crippen molar-refractivity contribution in [3.63, 3.8) is 0 Å². The van der Waals surface area contributed by atoms with Crippen LogP contribution in [0.5, 0.6) is 0 Å². The van der Waals surface area contributed by atoms with Crippen molar-refractivity contribution in [2.75, 3.05) is 34.4 Å². The van der Waals surface area contributed by atoms with Crippen molar-refractivity contribution in [2.45, 2.75) is 95.8 Å². The van der Waals surface area contributed by atoms with Crippen LogP contribution in [0.15, 0.2) is 339 Å². The molecule has 17 rings (SSSR count). The number of quaternary nitrogens is 1. The van der Waals surface area contributed by atoms with E-state index in [0.29, 0.717) is 12.8 Å². The van der Waals surface area contributed by atoms with Gasteiger partial charge in [-0.2, -0.15) is 17.6 Å². The predicted molar refractivity (Wildman–Crippen MR) is 401 cm³/mol. The molecule has 0 radical (unpaired) electrons. The Kier molecular flexibility index (Phi) is 26.6. The molecule has 0 amide bonds. The largest absolute Gasteiger partial charge is 1.00 e. The Morgan fingerprint density at radius 1 is 0.387 bits per heavy atom. The zero-order chi connectivity index (χ0) is 74.4. The molecule has 0 N–H and O–H groups in total. The molecule has 6 aliphatic rings. The first kappa shape index (κ1) is 79.4. The van der Waals surface area contributed by atoms with Crippen LogP contribution in [0, 0.1) is 11.8 Å². The Hall–Kier alpha value is -9.15. The number of fused-ring (bicyclic) bond motifs is 2. The van der Waals surface area contributed by atoms with E-state index < -0.39 is 74.0 Å². The zero-order valence-corrected chi connectivity index (χ0v) is 62.4. The second-order valence-electron chi connectivity index (χ2n) is 26.7. The average Bonchev–Trinajstić information content (AvgIpc) is 0.725. The summed E-state index contributed by atoms with van der Waals surface area (Å²) in [6, 6.07) is 106. The smallest absolute Gasteiger partial charge is 0.367 e. The van der Waals surface area contributed by atoms with Gasteiger partial charge in [-0.15, -0.1) is 0 Å². The number of carbonyl (C=O) groups excluding carboxylic acids is 2. The number of benzene rings is 11. The van der Waals surface area contributed by atoms with Gasteiger partial charge in [-0.05, 0) is 137 Å². The first-order chi connectivity index (χ1) is 50.4. The van der Waals surface area contributed by atoms with Crippen LogP contribution < -0.4 is 12.4 Å². The summed E-state index contributed by atoms with van der Waals surface area (Å²) >= 11 is 0. The minimum Gasteiger partial charge on any atom is -1.00 e. The molecule has 2 unspecified atom stereocenters. The van der Waals surface area contributed by atoms with Gasteiger partial charge in [-0.25, -0.2) is 16.8 Å². The molecule has 20 heteroatoms. The number of rotatable bonds is 18. The second kappa shape index (κ2) is 35.5. The second-order valence-corrected chi connectivity index (χ2v) is 33.8. The van der Waals surface area contributed by atoms with E-state index in [1.807, 2.05) is 84.9 Å². The van der Waals surface area contributed by atoms with Gasteiger partial charge in [0.2, 0.25) is 0 Å². The lowest BCUT2D eigenvalue weighted by Gasteiger charge is -2.44. The lowest BCUT2D eigenvalue weighted by molar-refractivity contribution is -0.884. The zero-order valence-electron chi connectivity index (χ0n) is 58.4. The van der Waals surface area contributed by atoms with Crippen LogP contribution in [-0.4, -0.2) is 87.2 Å². The van der Waals surface area contributed by atoms with E-state index in [2.05, 4.69) is 250 Å². The minimum absolute atomic E-state index is 0. The fourth-order valence-corrected chi connectivity index (χ4v) is 18.8. The quantitative estimate of drug-likeness (QED) is 0.0201.